The van der Waals surface area contributed by atoms with Crippen molar-refractivity contribution in [1.82, 2.24) is 14.6 Å². The molecule has 0 unspecified atom stereocenters. The quantitative estimate of drug-likeness (QED) is 0.715. The van der Waals surface area contributed by atoms with Gasteiger partial charge in [0.25, 0.3) is 0 Å². The van der Waals surface area contributed by atoms with E-state index in [4.69, 9.17) is 14.2 Å². The van der Waals surface area contributed by atoms with Crippen LogP contribution >= 0.6 is 0 Å². The van der Waals surface area contributed by atoms with E-state index in [0.717, 1.165) is 0 Å². The zero-order valence-electron chi connectivity index (χ0n) is 17.0. The monoisotopic (exact) mass is 377 g/mol. The fraction of sp³-hybridized carbons (Fsp3) is 0.579. The highest BCUT2D eigenvalue weighted by Crippen LogP contribution is 2.30. The Hall–Kier alpha value is -2.48. The lowest BCUT2D eigenvalue weighted by molar-refractivity contribution is -0.167. The molecule has 2 aromatic heterocycles. The van der Waals surface area contributed by atoms with Crippen LogP contribution in [-0.2, 0) is 19.0 Å². The molecule has 0 fully saturated rings. The minimum absolute atomic E-state index is 0.161. The number of aromatic nitrogens is 3. The van der Waals surface area contributed by atoms with Crippen molar-refractivity contribution in [3.05, 3.63) is 28.7 Å². The topological polar surface area (TPSA) is 92.0 Å². The minimum Gasteiger partial charge on any atom is -0.464 e. The molecule has 8 nitrogen and oxygen atoms in total. The largest absolute Gasteiger partial charge is 0.464 e. The molecule has 0 aliphatic heterocycles. The molecule has 8 heteroatoms. The lowest BCUT2D eigenvalue weighted by Gasteiger charge is -2.28. The van der Waals surface area contributed by atoms with Crippen LogP contribution < -0.4 is 0 Å². The van der Waals surface area contributed by atoms with E-state index in [0.29, 0.717) is 22.6 Å². The third-order valence-electron chi connectivity index (χ3n) is 3.79. The van der Waals surface area contributed by atoms with Gasteiger partial charge in [0.2, 0.25) is 0 Å². The summed E-state index contributed by atoms with van der Waals surface area (Å²) in [4.78, 5) is 29.1. The highest BCUT2D eigenvalue weighted by atomic mass is 16.6. The first-order valence-electron chi connectivity index (χ1n) is 8.97. The number of hydrogen-bond donors (Lipinski definition) is 0. The van der Waals surface area contributed by atoms with E-state index in [1.165, 1.54) is 4.52 Å². The van der Waals surface area contributed by atoms with Crippen LogP contribution in [0.25, 0.3) is 5.65 Å². The van der Waals surface area contributed by atoms with Gasteiger partial charge in [0.1, 0.15) is 0 Å². The number of hydrogen-bond acceptors (Lipinski definition) is 7. The summed E-state index contributed by atoms with van der Waals surface area (Å²) in [5.74, 6) is -1.01. The summed E-state index contributed by atoms with van der Waals surface area (Å²) in [6.45, 7) is 13.2. The normalized spacial score (nSPS) is 12.9. The molecule has 0 saturated carbocycles. The van der Waals surface area contributed by atoms with Crippen LogP contribution in [0.2, 0.25) is 0 Å². The van der Waals surface area contributed by atoms with Crippen molar-refractivity contribution >= 4 is 17.6 Å². The lowest BCUT2D eigenvalue weighted by Crippen LogP contribution is -2.30. The van der Waals surface area contributed by atoms with Crippen LogP contribution in [0, 0.1) is 13.8 Å². The lowest BCUT2D eigenvalue weighted by atomic mass is 10.0. The number of fused-ring (bicyclic) bond motifs is 1. The molecule has 148 valence electrons. The van der Waals surface area contributed by atoms with Gasteiger partial charge in [-0.15, -0.1) is 0 Å². The van der Waals surface area contributed by atoms with E-state index < -0.39 is 23.6 Å². The molecule has 27 heavy (non-hydrogen) atoms. The van der Waals surface area contributed by atoms with Crippen molar-refractivity contribution < 1.29 is 23.8 Å². The Bertz CT molecular complexity index is 851. The minimum atomic E-state index is -0.947. The summed E-state index contributed by atoms with van der Waals surface area (Å²) in [5, 5.41) is 4.29. The number of carbonyl (C=O) groups excluding carboxylic acids is 2. The van der Waals surface area contributed by atoms with Gasteiger partial charge in [-0.1, -0.05) is 0 Å². The van der Waals surface area contributed by atoms with Crippen LogP contribution in [0.3, 0.4) is 0 Å². The van der Waals surface area contributed by atoms with E-state index >= 15 is 0 Å². The highest BCUT2D eigenvalue weighted by molar-refractivity contribution is 5.88. The van der Waals surface area contributed by atoms with Crippen LogP contribution in [0.5, 0.6) is 0 Å². The van der Waals surface area contributed by atoms with Crippen molar-refractivity contribution in [2.24, 2.45) is 0 Å². The molecule has 0 bridgehead atoms. The second-order valence-electron chi connectivity index (χ2n) is 7.08. The molecule has 0 aliphatic carbocycles. The van der Waals surface area contributed by atoms with Crippen LogP contribution in [0.1, 0.15) is 68.2 Å². The molecule has 0 N–H and O–H groups in total. The number of nitrogens with zero attached hydrogens (tertiary/aromatic N) is 3. The van der Waals surface area contributed by atoms with Crippen LogP contribution in [0.4, 0.5) is 0 Å². The Morgan fingerprint density at radius 2 is 1.78 bits per heavy atom. The average molecular weight is 377 g/mol. The number of esters is 2. The molecular weight excluding hydrogens is 350 g/mol. The Kier molecular flexibility index (Phi) is 6.20. The molecular formula is C19H27N3O5. The second kappa shape index (κ2) is 8.04. The molecule has 0 amide bonds. The molecule has 0 aromatic carbocycles. The van der Waals surface area contributed by atoms with Crippen molar-refractivity contribution in [2.45, 2.75) is 60.2 Å². The summed E-state index contributed by atoms with van der Waals surface area (Å²) in [5.41, 5.74) is 1.91. The zero-order chi connectivity index (χ0) is 20.4. The zero-order valence-corrected chi connectivity index (χ0v) is 17.0. The molecule has 2 rings (SSSR count). The molecule has 0 spiro atoms. The number of rotatable bonds is 6. The van der Waals surface area contributed by atoms with E-state index in [1.54, 1.807) is 33.8 Å². The van der Waals surface area contributed by atoms with Crippen molar-refractivity contribution in [3.63, 3.8) is 0 Å². The Morgan fingerprint density at radius 1 is 1.15 bits per heavy atom. The van der Waals surface area contributed by atoms with Gasteiger partial charge in [-0.2, -0.15) is 5.10 Å². The first kappa shape index (κ1) is 20.8. The van der Waals surface area contributed by atoms with Gasteiger partial charge in [-0.3, -0.25) is 0 Å². The summed E-state index contributed by atoms with van der Waals surface area (Å²) in [7, 11) is 0. The maximum atomic E-state index is 12.6. The Balaban J connectivity index is 2.60. The van der Waals surface area contributed by atoms with E-state index in [-0.39, 0.29) is 18.9 Å². The summed E-state index contributed by atoms with van der Waals surface area (Å²) in [6.07, 6.45) is -0.947. The third kappa shape index (κ3) is 4.63. The van der Waals surface area contributed by atoms with Gasteiger partial charge in [0.05, 0.1) is 18.8 Å². The first-order chi connectivity index (χ1) is 12.6. The molecule has 0 aliphatic rings. The second-order valence-corrected chi connectivity index (χ2v) is 7.08. The molecule has 2 heterocycles. The van der Waals surface area contributed by atoms with Gasteiger partial charge in [-0.25, -0.2) is 19.1 Å². The summed E-state index contributed by atoms with van der Waals surface area (Å²) < 4.78 is 17.7. The fourth-order valence-electron chi connectivity index (χ4n) is 2.79. The van der Waals surface area contributed by atoms with Crippen LogP contribution in [-0.4, -0.2) is 45.4 Å². The Morgan fingerprint density at radius 3 is 2.33 bits per heavy atom. The molecule has 2 aromatic rings. The van der Waals surface area contributed by atoms with E-state index in [9.17, 15) is 9.59 Å². The van der Waals surface area contributed by atoms with Gasteiger partial charge in [0, 0.05) is 23.0 Å². The van der Waals surface area contributed by atoms with Gasteiger partial charge >= 0.3 is 11.9 Å². The van der Waals surface area contributed by atoms with Crippen molar-refractivity contribution in [3.8, 4) is 0 Å². The van der Waals surface area contributed by atoms with Gasteiger partial charge in [-0.05, 0) is 48.5 Å². The Labute approximate surface area is 158 Å². The first-order valence-corrected chi connectivity index (χ1v) is 8.97. The number of ether oxygens (including phenoxy) is 3. The third-order valence-corrected chi connectivity index (χ3v) is 3.79. The molecule has 0 saturated heterocycles. The highest BCUT2D eigenvalue weighted by Gasteiger charge is 2.32. The average Bonchev–Trinajstić information content (AvgIpc) is 2.97. The summed E-state index contributed by atoms with van der Waals surface area (Å²) in [6, 6.07) is 1.56. The predicted molar refractivity (Wildman–Crippen MR) is 98.6 cm³/mol. The van der Waals surface area contributed by atoms with Crippen molar-refractivity contribution in [2.75, 3.05) is 13.2 Å². The maximum absolute atomic E-state index is 12.6. The van der Waals surface area contributed by atoms with Gasteiger partial charge in [0.15, 0.2) is 17.4 Å². The standard InChI is InChI=1S/C19H27N3O5/c1-8-25-17(23)13-10-14-20-11(3)15(12(4)22(14)21-13)16(18(24)26-9-2)27-19(5,6)7/h10,16H,8-9H2,1-7H3/t16-/m0/s1. The van der Waals surface area contributed by atoms with E-state index in [2.05, 4.69) is 10.1 Å². The van der Waals surface area contributed by atoms with Crippen LogP contribution in [0.15, 0.2) is 6.07 Å². The smallest absolute Gasteiger partial charge is 0.358 e. The van der Waals surface area contributed by atoms with E-state index in [1.807, 2.05) is 20.8 Å². The van der Waals surface area contributed by atoms with Gasteiger partial charge < -0.3 is 14.2 Å². The predicted octanol–water partition coefficient (Wildman–Crippen LogP) is 2.94. The number of carbonyl (C=O) groups is 2. The molecule has 0 radical (unpaired) electrons. The SMILES string of the molecule is CCOC(=O)c1cc2nc(C)c([C@H](OC(C)(C)C)C(=O)OCC)c(C)n2n1. The molecule has 1 atom stereocenters. The summed E-state index contributed by atoms with van der Waals surface area (Å²) >= 11 is 0. The number of aryl methyl sites for hydroxylation is 2. The van der Waals surface area contributed by atoms with Crippen molar-refractivity contribution in [1.29, 1.82) is 0 Å². The maximum Gasteiger partial charge on any atom is 0.358 e. The fourth-order valence-corrected chi connectivity index (χ4v) is 2.79.